The first-order valence-electron chi connectivity index (χ1n) is 4.59. The lowest BCUT2D eigenvalue weighted by Crippen LogP contribution is -2.15. The van der Waals surface area contributed by atoms with E-state index in [1.54, 1.807) is 12.3 Å². The van der Waals surface area contributed by atoms with Crippen LogP contribution in [0.1, 0.15) is 18.2 Å². The number of carboxylic acid groups (broad SMARTS) is 1. The number of aromatic nitrogens is 2. The molecule has 2 rings (SSSR count). The number of aliphatic carboxylic acids is 1. The van der Waals surface area contributed by atoms with E-state index in [4.69, 9.17) is 5.11 Å². The van der Waals surface area contributed by atoms with Crippen LogP contribution in [0.25, 0.3) is 0 Å². The number of hydrogen-bond acceptors (Lipinski definition) is 3. The lowest BCUT2D eigenvalue weighted by Gasteiger charge is -2.12. The van der Waals surface area contributed by atoms with Crippen LogP contribution in [-0.2, 0) is 11.2 Å². The number of carboxylic acids is 1. The van der Waals surface area contributed by atoms with Gasteiger partial charge in [-0.05, 0) is 18.2 Å². The van der Waals surface area contributed by atoms with E-state index in [0.717, 1.165) is 23.6 Å². The highest BCUT2D eigenvalue weighted by Crippen LogP contribution is 2.28. The Morgan fingerprint density at radius 3 is 3.29 bits per heavy atom. The van der Waals surface area contributed by atoms with Crippen molar-refractivity contribution >= 4 is 17.7 Å². The zero-order valence-corrected chi connectivity index (χ0v) is 8.54. The van der Waals surface area contributed by atoms with E-state index in [9.17, 15) is 4.79 Å². The molecule has 0 aliphatic carbocycles. The minimum absolute atomic E-state index is 0.0706. The van der Waals surface area contributed by atoms with Crippen molar-refractivity contribution in [2.45, 2.75) is 18.9 Å². The Kier molecular flexibility index (Phi) is 2.77. The van der Waals surface area contributed by atoms with Gasteiger partial charge in [-0.25, -0.2) is 0 Å². The zero-order valence-electron chi connectivity index (χ0n) is 7.72. The van der Waals surface area contributed by atoms with E-state index >= 15 is 0 Å². The van der Waals surface area contributed by atoms with Crippen molar-refractivity contribution in [2.75, 3.05) is 11.5 Å². The molecule has 1 atom stereocenters. The topological polar surface area (TPSA) is 55.1 Å². The van der Waals surface area contributed by atoms with E-state index in [1.807, 2.05) is 16.4 Å². The largest absolute Gasteiger partial charge is 0.481 e. The Morgan fingerprint density at radius 1 is 1.79 bits per heavy atom. The molecule has 1 aliphatic heterocycles. The molecule has 2 heterocycles. The van der Waals surface area contributed by atoms with Crippen molar-refractivity contribution in [3.05, 3.63) is 18.0 Å². The average Bonchev–Trinajstić information content (AvgIpc) is 2.70. The second-order valence-corrected chi connectivity index (χ2v) is 4.50. The maximum atomic E-state index is 10.6. The van der Waals surface area contributed by atoms with Crippen molar-refractivity contribution in [1.82, 2.24) is 9.78 Å². The Labute approximate surface area is 86.3 Å². The van der Waals surface area contributed by atoms with Gasteiger partial charge in [0.15, 0.2) is 0 Å². The number of hydrogen-bond donors (Lipinski definition) is 1. The number of nitrogens with zero attached hydrogens (tertiary/aromatic N) is 2. The molecular formula is C9H12N2O2S. The van der Waals surface area contributed by atoms with Crippen molar-refractivity contribution < 1.29 is 9.90 Å². The Hall–Kier alpha value is -0.970. The summed E-state index contributed by atoms with van der Waals surface area (Å²) in [6, 6.07) is 2.18. The Bertz CT molecular complexity index is 331. The molecule has 1 aliphatic rings. The summed E-state index contributed by atoms with van der Waals surface area (Å²) in [5, 5.41) is 12.9. The maximum Gasteiger partial charge on any atom is 0.309 e. The van der Waals surface area contributed by atoms with Gasteiger partial charge in [-0.3, -0.25) is 9.48 Å². The molecule has 5 heteroatoms. The molecule has 0 amide bonds. The summed E-state index contributed by atoms with van der Waals surface area (Å²) in [6.07, 6.45) is 2.85. The van der Waals surface area contributed by atoms with Crippen molar-refractivity contribution in [1.29, 1.82) is 0 Å². The molecule has 1 unspecified atom stereocenters. The summed E-state index contributed by atoms with van der Waals surface area (Å²) in [6.45, 7) is 0. The molecule has 0 radical (unpaired) electrons. The fourth-order valence-electron chi connectivity index (χ4n) is 1.68. The zero-order chi connectivity index (χ0) is 9.97. The summed E-state index contributed by atoms with van der Waals surface area (Å²) in [5.41, 5.74) is 0.810. The lowest BCUT2D eigenvalue weighted by atomic mass is 10.2. The van der Waals surface area contributed by atoms with Crippen molar-refractivity contribution in [3.63, 3.8) is 0 Å². The SMILES string of the molecule is O=C(O)Cc1ccnn1C1CCSC1. The minimum Gasteiger partial charge on any atom is -0.481 e. The van der Waals surface area contributed by atoms with E-state index in [-0.39, 0.29) is 6.42 Å². The lowest BCUT2D eigenvalue weighted by molar-refractivity contribution is -0.136. The first-order chi connectivity index (χ1) is 6.77. The molecule has 1 aromatic rings. The second-order valence-electron chi connectivity index (χ2n) is 3.36. The summed E-state index contributed by atoms with van der Waals surface area (Å²) < 4.78 is 1.87. The Balaban J connectivity index is 2.15. The highest BCUT2D eigenvalue weighted by molar-refractivity contribution is 7.99. The molecule has 14 heavy (non-hydrogen) atoms. The van der Waals surface area contributed by atoms with Crippen LogP contribution in [0.5, 0.6) is 0 Å². The van der Waals surface area contributed by atoms with Gasteiger partial charge in [0.1, 0.15) is 0 Å². The molecule has 0 aromatic carbocycles. The van der Waals surface area contributed by atoms with Crippen molar-refractivity contribution in [2.24, 2.45) is 0 Å². The highest BCUT2D eigenvalue weighted by Gasteiger charge is 2.20. The van der Waals surface area contributed by atoms with Gasteiger partial charge in [-0.15, -0.1) is 0 Å². The van der Waals surface area contributed by atoms with Gasteiger partial charge in [-0.2, -0.15) is 16.9 Å². The molecule has 0 bridgehead atoms. The summed E-state index contributed by atoms with van der Waals surface area (Å²) in [7, 11) is 0. The smallest absolute Gasteiger partial charge is 0.309 e. The first-order valence-corrected chi connectivity index (χ1v) is 5.75. The number of rotatable bonds is 3. The summed E-state index contributed by atoms with van der Waals surface area (Å²) >= 11 is 1.90. The van der Waals surface area contributed by atoms with Crippen LogP contribution in [0.4, 0.5) is 0 Å². The fraction of sp³-hybridized carbons (Fsp3) is 0.556. The molecular weight excluding hydrogens is 200 g/mol. The van der Waals surface area contributed by atoms with Crippen molar-refractivity contribution in [3.8, 4) is 0 Å². The highest BCUT2D eigenvalue weighted by atomic mass is 32.2. The maximum absolute atomic E-state index is 10.6. The van der Waals surface area contributed by atoms with Gasteiger partial charge in [0.2, 0.25) is 0 Å². The summed E-state index contributed by atoms with van der Waals surface area (Å²) in [4.78, 5) is 10.6. The first kappa shape index (κ1) is 9.58. The third-order valence-electron chi connectivity index (χ3n) is 2.34. The van der Waals surface area contributed by atoms with E-state index in [0.29, 0.717) is 6.04 Å². The molecule has 1 aromatic heterocycles. The quantitative estimate of drug-likeness (QED) is 0.817. The number of thioether (sulfide) groups is 1. The molecule has 0 saturated carbocycles. The van der Waals surface area contributed by atoms with Crippen LogP contribution in [0, 0.1) is 0 Å². The van der Waals surface area contributed by atoms with E-state index < -0.39 is 5.97 Å². The third-order valence-corrected chi connectivity index (χ3v) is 3.48. The van der Waals surface area contributed by atoms with Crippen LogP contribution >= 0.6 is 11.8 Å². The molecule has 0 spiro atoms. The van der Waals surface area contributed by atoms with Gasteiger partial charge >= 0.3 is 5.97 Å². The van der Waals surface area contributed by atoms with Gasteiger partial charge in [0, 0.05) is 17.6 Å². The molecule has 4 nitrogen and oxygen atoms in total. The number of carbonyl (C=O) groups is 1. The standard InChI is InChI=1S/C9H12N2O2S/c12-9(13)5-7-1-3-10-11(7)8-2-4-14-6-8/h1,3,8H,2,4-6H2,(H,12,13). The van der Waals surface area contributed by atoms with Gasteiger partial charge in [0.05, 0.1) is 12.5 Å². The minimum atomic E-state index is -0.794. The second kappa shape index (κ2) is 4.04. The molecule has 76 valence electrons. The molecule has 1 saturated heterocycles. The van der Waals surface area contributed by atoms with Gasteiger partial charge < -0.3 is 5.11 Å². The van der Waals surface area contributed by atoms with E-state index in [1.165, 1.54) is 0 Å². The van der Waals surface area contributed by atoms with Crippen LogP contribution in [0.3, 0.4) is 0 Å². The van der Waals surface area contributed by atoms with Crippen LogP contribution in [0.2, 0.25) is 0 Å². The normalized spacial score (nSPS) is 21.3. The summed E-state index contributed by atoms with van der Waals surface area (Å²) in [5.74, 6) is 1.41. The van der Waals surface area contributed by atoms with Gasteiger partial charge in [-0.1, -0.05) is 0 Å². The van der Waals surface area contributed by atoms with Crippen LogP contribution in [-0.4, -0.2) is 32.4 Å². The van der Waals surface area contributed by atoms with Gasteiger partial charge in [0.25, 0.3) is 0 Å². The monoisotopic (exact) mass is 212 g/mol. The fourth-order valence-corrected chi connectivity index (χ4v) is 2.87. The third kappa shape index (κ3) is 1.92. The average molecular weight is 212 g/mol. The van der Waals surface area contributed by atoms with Crippen LogP contribution in [0.15, 0.2) is 12.3 Å². The molecule has 1 N–H and O–H groups in total. The molecule has 1 fully saturated rings. The predicted molar refractivity (Wildman–Crippen MR) is 54.5 cm³/mol. The Morgan fingerprint density at radius 2 is 2.64 bits per heavy atom. The van der Waals surface area contributed by atoms with Crippen LogP contribution < -0.4 is 0 Å². The van der Waals surface area contributed by atoms with E-state index in [2.05, 4.69) is 5.10 Å². The predicted octanol–water partition coefficient (Wildman–Crippen LogP) is 1.19.